The van der Waals surface area contributed by atoms with Crippen LogP contribution < -0.4 is 0 Å². The minimum Gasteiger partial charge on any atom is -0.477 e. The molecule has 0 aromatic carbocycles. The molecular formula is C24H35NO3S. The molecule has 1 aliphatic rings. The Hall–Kier alpha value is -2.08. The summed E-state index contributed by atoms with van der Waals surface area (Å²) in [4.78, 5) is 12.0. The van der Waals surface area contributed by atoms with Gasteiger partial charge in [-0.2, -0.15) is 5.26 Å². The van der Waals surface area contributed by atoms with Crippen LogP contribution in [-0.4, -0.2) is 22.3 Å². The van der Waals surface area contributed by atoms with Crippen molar-refractivity contribution < 1.29 is 15.0 Å². The summed E-state index contributed by atoms with van der Waals surface area (Å²) in [5.74, 6) is 0.114. The third kappa shape index (κ3) is 12.9. The average molecular weight is 418 g/mol. The van der Waals surface area contributed by atoms with Crippen LogP contribution in [0.1, 0.15) is 79.8 Å². The molecule has 0 bridgehead atoms. The number of nitriles is 1. The molecular weight excluding hydrogens is 382 g/mol. The molecule has 1 heterocycles. The lowest BCUT2D eigenvalue weighted by atomic mass is 10.0. The van der Waals surface area contributed by atoms with E-state index in [9.17, 15) is 4.79 Å². The van der Waals surface area contributed by atoms with Crippen molar-refractivity contribution in [3.05, 3.63) is 34.0 Å². The van der Waals surface area contributed by atoms with Crippen molar-refractivity contribution in [2.24, 2.45) is 11.8 Å². The molecule has 0 radical (unpaired) electrons. The van der Waals surface area contributed by atoms with Crippen LogP contribution >= 0.6 is 11.3 Å². The Labute approximate surface area is 180 Å². The van der Waals surface area contributed by atoms with E-state index in [2.05, 4.69) is 38.0 Å². The highest BCUT2D eigenvalue weighted by atomic mass is 32.1. The summed E-state index contributed by atoms with van der Waals surface area (Å²) in [5.41, 5.74) is 0. The van der Waals surface area contributed by atoms with Gasteiger partial charge in [0.25, 0.3) is 0 Å². The second-order valence-electron chi connectivity index (χ2n) is 7.28. The van der Waals surface area contributed by atoms with Gasteiger partial charge in [-0.05, 0) is 69.9 Å². The lowest BCUT2D eigenvalue weighted by molar-refractivity contribution is 0.0702. The minimum absolute atomic E-state index is 0.157. The number of hydrogen-bond acceptors (Lipinski definition) is 4. The lowest BCUT2D eigenvalue weighted by Crippen LogP contribution is -1.97. The molecule has 4 nitrogen and oxygen atoms in total. The van der Waals surface area contributed by atoms with E-state index in [-0.39, 0.29) is 6.10 Å². The molecule has 0 saturated heterocycles. The topological polar surface area (TPSA) is 81.3 Å². The molecule has 1 aliphatic carbocycles. The van der Waals surface area contributed by atoms with Crippen LogP contribution in [0.3, 0.4) is 0 Å². The van der Waals surface area contributed by atoms with E-state index in [1.54, 1.807) is 6.07 Å². The number of nitrogens with zero attached hydrogens (tertiary/aromatic N) is 1. The highest BCUT2D eigenvalue weighted by Crippen LogP contribution is 2.31. The first-order valence-electron chi connectivity index (χ1n) is 10.4. The number of allylic oxidation sites excluding steroid dienone is 2. The van der Waals surface area contributed by atoms with Gasteiger partial charge in [0.05, 0.1) is 12.2 Å². The van der Waals surface area contributed by atoms with Gasteiger partial charge in [0.1, 0.15) is 4.88 Å². The van der Waals surface area contributed by atoms with E-state index in [0.717, 1.165) is 56.2 Å². The van der Waals surface area contributed by atoms with Gasteiger partial charge in [0.2, 0.25) is 0 Å². The Kier molecular flexibility index (Phi) is 15.6. The SMILES string of the molecule is C#C.CCCc1ccc(C(=O)O)s1.C[C@@H](O)CCCC/C=C/[C@H]1CC[C@@H](C#N)C1. The maximum absolute atomic E-state index is 10.4. The molecule has 160 valence electrons. The molecule has 2 N–H and O–H groups in total. The lowest BCUT2D eigenvalue weighted by Gasteiger charge is -2.03. The minimum atomic E-state index is -0.822. The van der Waals surface area contributed by atoms with Crippen LogP contribution in [0.4, 0.5) is 0 Å². The fraction of sp³-hybridized carbons (Fsp3) is 0.583. The number of thiophene rings is 1. The Morgan fingerprint density at radius 3 is 2.62 bits per heavy atom. The van der Waals surface area contributed by atoms with Gasteiger partial charge >= 0.3 is 5.97 Å². The highest BCUT2D eigenvalue weighted by molar-refractivity contribution is 7.13. The fourth-order valence-corrected chi connectivity index (χ4v) is 4.12. The average Bonchev–Trinajstić information content (AvgIpc) is 3.36. The molecule has 1 aromatic heterocycles. The van der Waals surface area contributed by atoms with Crippen LogP contribution in [0, 0.1) is 36.0 Å². The number of terminal acetylenes is 1. The molecule has 0 aliphatic heterocycles. The van der Waals surface area contributed by atoms with Crippen molar-refractivity contribution >= 4 is 17.3 Å². The zero-order valence-corrected chi connectivity index (χ0v) is 18.5. The largest absolute Gasteiger partial charge is 0.477 e. The molecule has 3 atom stereocenters. The molecule has 0 spiro atoms. The first-order valence-corrected chi connectivity index (χ1v) is 11.2. The van der Waals surface area contributed by atoms with Crippen LogP contribution in [0.15, 0.2) is 24.3 Å². The molecule has 1 saturated carbocycles. The van der Waals surface area contributed by atoms with Gasteiger partial charge in [-0.1, -0.05) is 31.9 Å². The van der Waals surface area contributed by atoms with Crippen molar-refractivity contribution in [1.82, 2.24) is 0 Å². The van der Waals surface area contributed by atoms with Gasteiger partial charge in [-0.15, -0.1) is 24.2 Å². The molecule has 0 amide bonds. The summed E-state index contributed by atoms with van der Waals surface area (Å²) in [6, 6.07) is 5.91. The smallest absolute Gasteiger partial charge is 0.345 e. The molecule has 1 aromatic rings. The summed E-state index contributed by atoms with van der Waals surface area (Å²) < 4.78 is 0. The second kappa shape index (κ2) is 16.8. The van der Waals surface area contributed by atoms with Gasteiger partial charge in [0.15, 0.2) is 0 Å². The first-order chi connectivity index (χ1) is 14.0. The number of aliphatic hydroxyl groups excluding tert-OH is 1. The summed E-state index contributed by atoms with van der Waals surface area (Å²) in [6.45, 7) is 3.93. The third-order valence-electron chi connectivity index (χ3n) is 4.68. The summed E-state index contributed by atoms with van der Waals surface area (Å²) in [7, 11) is 0. The van der Waals surface area contributed by atoms with E-state index >= 15 is 0 Å². The Morgan fingerprint density at radius 2 is 2.10 bits per heavy atom. The standard InChI is InChI=1S/C14H23NO.C8H10O2S.C2H2/c1-12(16)6-4-2-3-5-7-13-8-9-14(10-13)11-15;1-2-3-6-4-5-7(11-6)8(9)10;1-2/h5,7,12-14,16H,2-4,6,8-10H2,1H3;4-5H,2-3H2,1H3,(H,9,10);1-2H/b7-5+;;/t12-,13+,14-;;/m1../s1. The van der Waals surface area contributed by atoms with E-state index in [0.29, 0.717) is 16.7 Å². The monoisotopic (exact) mass is 417 g/mol. The number of rotatable bonds is 9. The number of carbonyl (C=O) groups is 1. The van der Waals surface area contributed by atoms with Gasteiger partial charge in [0, 0.05) is 10.8 Å². The number of unbranched alkanes of at least 4 members (excludes halogenated alkanes) is 2. The van der Waals surface area contributed by atoms with Crippen molar-refractivity contribution in [3.63, 3.8) is 0 Å². The Balaban J connectivity index is 0.000000526. The fourth-order valence-electron chi connectivity index (χ4n) is 3.17. The van der Waals surface area contributed by atoms with Crippen molar-refractivity contribution in [3.8, 4) is 18.9 Å². The zero-order valence-electron chi connectivity index (χ0n) is 17.7. The van der Waals surface area contributed by atoms with Crippen LogP contribution in [0.5, 0.6) is 0 Å². The van der Waals surface area contributed by atoms with Crippen LogP contribution in [0.2, 0.25) is 0 Å². The van der Waals surface area contributed by atoms with Crippen LogP contribution in [0.25, 0.3) is 0 Å². The summed E-state index contributed by atoms with van der Waals surface area (Å²) in [6.07, 6.45) is 22.0. The quantitative estimate of drug-likeness (QED) is 0.290. The zero-order chi connectivity index (χ0) is 22.1. The molecule has 0 unspecified atom stereocenters. The van der Waals surface area contributed by atoms with Crippen molar-refractivity contribution in [1.29, 1.82) is 5.26 Å². The molecule has 1 fully saturated rings. The predicted molar refractivity (Wildman–Crippen MR) is 121 cm³/mol. The van der Waals surface area contributed by atoms with Gasteiger partial charge in [-0.25, -0.2) is 4.79 Å². The molecule has 2 rings (SSSR count). The van der Waals surface area contributed by atoms with Gasteiger partial charge in [-0.3, -0.25) is 0 Å². The Bertz CT molecular complexity index is 655. The molecule has 29 heavy (non-hydrogen) atoms. The van der Waals surface area contributed by atoms with Crippen molar-refractivity contribution in [2.75, 3.05) is 0 Å². The highest BCUT2D eigenvalue weighted by Gasteiger charge is 2.21. The number of carboxylic acids is 1. The summed E-state index contributed by atoms with van der Waals surface area (Å²) >= 11 is 1.37. The number of hydrogen-bond donors (Lipinski definition) is 2. The number of aryl methyl sites for hydroxylation is 1. The number of aromatic carboxylic acids is 1. The number of aliphatic hydroxyl groups is 1. The van der Waals surface area contributed by atoms with E-state index in [1.807, 2.05) is 13.0 Å². The van der Waals surface area contributed by atoms with E-state index in [1.165, 1.54) is 17.8 Å². The summed E-state index contributed by atoms with van der Waals surface area (Å²) in [5, 5.41) is 26.4. The Morgan fingerprint density at radius 1 is 1.38 bits per heavy atom. The third-order valence-corrected chi connectivity index (χ3v) is 5.81. The van der Waals surface area contributed by atoms with Crippen LogP contribution in [-0.2, 0) is 6.42 Å². The van der Waals surface area contributed by atoms with E-state index in [4.69, 9.17) is 15.5 Å². The van der Waals surface area contributed by atoms with E-state index < -0.39 is 5.97 Å². The van der Waals surface area contributed by atoms with Gasteiger partial charge < -0.3 is 10.2 Å². The maximum atomic E-state index is 10.4. The van der Waals surface area contributed by atoms with Crippen molar-refractivity contribution in [2.45, 2.75) is 77.7 Å². The maximum Gasteiger partial charge on any atom is 0.345 e. The second-order valence-corrected chi connectivity index (χ2v) is 8.45. The number of carboxylic acid groups (broad SMARTS) is 1. The first kappa shape index (κ1) is 26.9. The predicted octanol–water partition coefficient (Wildman–Crippen LogP) is 6.07. The normalized spacial score (nSPS) is 18.8. The molecule has 5 heteroatoms.